The van der Waals surface area contributed by atoms with E-state index >= 15 is 0 Å². The number of nitrogens with zero attached hydrogens (tertiary/aromatic N) is 4. The van der Waals surface area contributed by atoms with Gasteiger partial charge < -0.3 is 39.9 Å². The van der Waals surface area contributed by atoms with E-state index in [2.05, 4.69) is 33.7 Å². The Kier molecular flexibility index (Phi) is 11.7. The van der Waals surface area contributed by atoms with Crippen molar-refractivity contribution in [1.29, 1.82) is 0 Å². The first kappa shape index (κ1) is 42.0. The quantitative estimate of drug-likeness (QED) is 0.113. The molecule has 4 aromatic rings. The summed E-state index contributed by atoms with van der Waals surface area (Å²) in [5, 5.41) is 5.83. The van der Waals surface area contributed by atoms with Crippen molar-refractivity contribution in [3.63, 3.8) is 0 Å². The van der Waals surface area contributed by atoms with Crippen LogP contribution in [0.5, 0.6) is 0 Å². The van der Waals surface area contributed by atoms with Crippen LogP contribution in [0.2, 0.25) is 24.3 Å². The molecular weight excluding hydrogens is 788 g/mol. The number of nitrogens with one attached hydrogen (secondary N) is 4. The highest BCUT2D eigenvalue weighted by Gasteiger charge is 2.56. The van der Waals surface area contributed by atoms with E-state index in [1.807, 2.05) is 86.0 Å². The van der Waals surface area contributed by atoms with Crippen LogP contribution in [0.3, 0.4) is 0 Å². The third-order valence-corrected chi connectivity index (χ3v) is 14.8. The SMILES string of the molecule is [CH]c1[nH]c([C@@H]2C[C@H]3C[C@H]3N2C(=O)[C@@H](NC(=O)OC)C(C)C)nc1-c1ccc(-c2ccc(-c3nc([C@@H]4C[Si](C)(C)CN4C(=O)[C@@H](NC(=O)OC)C(C)C)[nH]c3Cl)cc2)cc1. The van der Waals surface area contributed by atoms with Gasteiger partial charge >= 0.3 is 12.2 Å². The van der Waals surface area contributed by atoms with E-state index < -0.39 is 32.3 Å². The number of benzene rings is 2. The van der Waals surface area contributed by atoms with Crippen LogP contribution in [0.25, 0.3) is 33.6 Å². The third kappa shape index (κ3) is 8.49. The first-order chi connectivity index (χ1) is 28.0. The van der Waals surface area contributed by atoms with Gasteiger partial charge in [0.1, 0.15) is 34.6 Å². The molecule has 2 aliphatic heterocycles. The molecular formula is C43H53ClN8O6Si. The number of H-pyrrole nitrogens is 2. The molecule has 6 atom stereocenters. The summed E-state index contributed by atoms with van der Waals surface area (Å²) in [7, 11) is 0.757. The van der Waals surface area contributed by atoms with E-state index in [4.69, 9.17) is 38.0 Å². The first-order valence-electron chi connectivity index (χ1n) is 20.1. The summed E-state index contributed by atoms with van der Waals surface area (Å²) in [5.41, 5.74) is 5.26. The molecule has 3 fully saturated rings. The van der Waals surface area contributed by atoms with Gasteiger partial charge in [-0.25, -0.2) is 19.6 Å². The van der Waals surface area contributed by atoms with E-state index in [0.717, 1.165) is 41.1 Å². The van der Waals surface area contributed by atoms with Gasteiger partial charge in [0.25, 0.3) is 0 Å². The molecule has 0 bridgehead atoms. The number of halogens is 1. The van der Waals surface area contributed by atoms with E-state index in [1.165, 1.54) is 14.2 Å². The van der Waals surface area contributed by atoms with E-state index in [0.29, 0.717) is 46.0 Å². The van der Waals surface area contributed by atoms with Crippen LogP contribution in [0.15, 0.2) is 48.5 Å². The number of alkyl carbamates (subject to hydrolysis) is 2. The molecule has 1 saturated carbocycles. The number of aromatic nitrogens is 4. The van der Waals surface area contributed by atoms with Gasteiger partial charge in [-0.3, -0.25) is 9.59 Å². The summed E-state index contributed by atoms with van der Waals surface area (Å²) in [6.07, 6.45) is 1.07. The number of piperidine rings is 1. The fourth-order valence-corrected chi connectivity index (χ4v) is 11.8. The summed E-state index contributed by atoms with van der Waals surface area (Å²) in [6.45, 7) is 18.6. The fourth-order valence-electron chi connectivity index (χ4n) is 8.64. The van der Waals surface area contributed by atoms with Crippen molar-refractivity contribution in [2.75, 3.05) is 20.4 Å². The molecule has 0 spiro atoms. The molecule has 14 nitrogen and oxygen atoms in total. The average Bonchev–Trinajstić information content (AvgIpc) is 3.49. The molecule has 2 aromatic heterocycles. The number of methoxy groups -OCH3 is 2. The average molecular weight is 841 g/mol. The maximum atomic E-state index is 13.9. The highest BCUT2D eigenvalue weighted by Crippen LogP contribution is 2.53. The van der Waals surface area contributed by atoms with Gasteiger partial charge in [0.05, 0.1) is 40.1 Å². The van der Waals surface area contributed by atoms with Crippen molar-refractivity contribution in [1.82, 2.24) is 40.4 Å². The van der Waals surface area contributed by atoms with Gasteiger partial charge in [-0.15, -0.1) is 0 Å². The molecule has 59 heavy (non-hydrogen) atoms. The Morgan fingerprint density at radius 1 is 0.763 bits per heavy atom. The van der Waals surface area contributed by atoms with Crippen molar-refractivity contribution >= 4 is 43.7 Å². The van der Waals surface area contributed by atoms with Gasteiger partial charge in [0.15, 0.2) is 0 Å². The van der Waals surface area contributed by atoms with Crippen molar-refractivity contribution in [2.24, 2.45) is 17.8 Å². The van der Waals surface area contributed by atoms with Crippen molar-refractivity contribution in [3.8, 4) is 33.6 Å². The number of imidazole rings is 2. The van der Waals surface area contributed by atoms with E-state index in [1.54, 1.807) is 0 Å². The first-order valence-corrected chi connectivity index (χ1v) is 23.9. The number of rotatable bonds is 11. The Bertz CT molecular complexity index is 2220. The van der Waals surface area contributed by atoms with Gasteiger partial charge in [-0.1, -0.05) is 101 Å². The summed E-state index contributed by atoms with van der Waals surface area (Å²) in [4.78, 5) is 72.0. The Balaban J connectivity index is 1.06. The summed E-state index contributed by atoms with van der Waals surface area (Å²) < 4.78 is 9.59. The minimum atomic E-state index is -1.81. The lowest BCUT2D eigenvalue weighted by molar-refractivity contribution is -0.137. The smallest absolute Gasteiger partial charge is 0.407 e. The third-order valence-electron chi connectivity index (χ3n) is 11.9. The zero-order valence-electron chi connectivity index (χ0n) is 34.8. The molecule has 2 aromatic carbocycles. The molecule has 2 saturated heterocycles. The predicted molar refractivity (Wildman–Crippen MR) is 227 cm³/mol. The van der Waals surface area contributed by atoms with Crippen LogP contribution in [0.4, 0.5) is 9.59 Å². The van der Waals surface area contributed by atoms with Crippen LogP contribution in [-0.2, 0) is 19.1 Å². The van der Waals surface area contributed by atoms with Crippen LogP contribution in [0, 0.1) is 24.7 Å². The highest BCUT2D eigenvalue weighted by atomic mass is 35.5. The number of carbonyl (C=O) groups is 4. The number of amides is 4. The molecule has 4 heterocycles. The Hall–Kier alpha value is -5.15. The van der Waals surface area contributed by atoms with Gasteiger partial charge in [0.2, 0.25) is 11.8 Å². The summed E-state index contributed by atoms with van der Waals surface area (Å²) in [6, 6.07) is 14.8. The number of hydrogen-bond acceptors (Lipinski definition) is 8. The highest BCUT2D eigenvalue weighted by molar-refractivity contribution is 6.78. The second kappa shape index (κ2) is 16.5. The van der Waals surface area contributed by atoms with E-state index in [9.17, 15) is 19.2 Å². The number of aromatic amines is 2. The number of likely N-dealkylation sites (tertiary alicyclic amines) is 1. The second-order valence-electron chi connectivity index (χ2n) is 17.4. The molecule has 16 heteroatoms. The maximum absolute atomic E-state index is 13.9. The van der Waals surface area contributed by atoms with Crippen LogP contribution in [0.1, 0.15) is 70.0 Å². The summed E-state index contributed by atoms with van der Waals surface area (Å²) in [5.74, 6) is 1.06. The number of hydrogen-bond donors (Lipinski definition) is 4. The van der Waals surface area contributed by atoms with Gasteiger partial charge in [-0.2, -0.15) is 0 Å². The van der Waals surface area contributed by atoms with Gasteiger partial charge in [-0.05, 0) is 47.8 Å². The molecule has 4 amide bonds. The monoisotopic (exact) mass is 840 g/mol. The number of ether oxygens (including phenoxy) is 2. The van der Waals surface area contributed by atoms with Crippen molar-refractivity contribution in [2.45, 2.75) is 89.9 Å². The summed E-state index contributed by atoms with van der Waals surface area (Å²) >= 11 is 6.79. The fraction of sp³-hybridized carbons (Fsp3) is 0.465. The lowest BCUT2D eigenvalue weighted by Crippen LogP contribution is -2.52. The molecule has 4 N–H and O–H groups in total. The Morgan fingerprint density at radius 3 is 1.80 bits per heavy atom. The molecule has 2 radical (unpaired) electrons. The molecule has 1 aliphatic carbocycles. The minimum Gasteiger partial charge on any atom is -0.453 e. The van der Waals surface area contributed by atoms with Crippen molar-refractivity contribution < 1.29 is 28.7 Å². The lowest BCUT2D eigenvalue weighted by Gasteiger charge is -2.31. The minimum absolute atomic E-state index is 0.114. The maximum Gasteiger partial charge on any atom is 0.407 e. The Labute approximate surface area is 351 Å². The van der Waals surface area contributed by atoms with E-state index in [-0.39, 0.29) is 41.8 Å². The molecule has 3 aliphatic rings. The largest absolute Gasteiger partial charge is 0.453 e. The number of fused-ring (bicyclic) bond motifs is 1. The zero-order chi connectivity index (χ0) is 42.5. The van der Waals surface area contributed by atoms with Gasteiger partial charge in [0, 0.05) is 36.0 Å². The second-order valence-corrected chi connectivity index (χ2v) is 22.9. The molecule has 312 valence electrons. The van der Waals surface area contributed by atoms with Crippen LogP contribution >= 0.6 is 11.6 Å². The molecule has 0 unspecified atom stereocenters. The lowest BCUT2D eigenvalue weighted by atomic mass is 10.0. The normalized spacial score (nSPS) is 21.6. The molecule has 7 rings (SSSR count). The van der Waals surface area contributed by atoms with Crippen LogP contribution < -0.4 is 10.6 Å². The zero-order valence-corrected chi connectivity index (χ0v) is 36.5. The topological polar surface area (TPSA) is 175 Å². The predicted octanol–water partition coefficient (Wildman–Crippen LogP) is 7.40. The number of carbonyl (C=O) groups excluding carboxylic acids is 4. The van der Waals surface area contributed by atoms with Crippen LogP contribution in [-0.4, -0.2) is 100 Å². The van der Waals surface area contributed by atoms with Crippen molar-refractivity contribution in [3.05, 3.63) is 78.0 Å². The Morgan fingerprint density at radius 2 is 1.25 bits per heavy atom. The standard InChI is InChI=1S/C43H53ClN8O6Si/c1-22(2)33(48-42(55)57-6)40(53)51-21-59(8,9)20-32(51)39-47-36(37(44)50-39)28-16-12-26(13-17-28)25-10-14-27(15-11-25)35-24(5)45-38(46-35)31-19-29-18-30(29)52(31)41(54)34(23(3)4)49-43(56)58-7/h5,10-17,22-23,29-34H,18-21H2,1-4,6-9H3,(H,45,46)(H,47,50)(H,48,55)(H,49,56)/t29-,30-,31+,32+,33+,34+/m1/s1.